The zero-order valence-corrected chi connectivity index (χ0v) is 18.3. The topological polar surface area (TPSA) is 41.0 Å². The van der Waals surface area contributed by atoms with Gasteiger partial charge in [-0.1, -0.05) is 24.3 Å². The van der Waals surface area contributed by atoms with Crippen LogP contribution in [-0.2, 0) is 5.41 Å². The number of nitrogens with zero attached hydrogens (tertiary/aromatic N) is 4. The van der Waals surface area contributed by atoms with Crippen molar-refractivity contribution in [1.82, 2.24) is 9.88 Å². The molecular weight excluding hydrogens is 372 g/mol. The average molecular weight is 401 g/mol. The maximum Gasteiger partial charge on any atom is 0.250 e. The molecule has 0 saturated carbocycles. The highest BCUT2D eigenvalue weighted by atomic mass is 16.5. The van der Waals surface area contributed by atoms with Crippen LogP contribution in [0.4, 0.5) is 11.4 Å². The summed E-state index contributed by atoms with van der Waals surface area (Å²) < 4.78 is 7.02. The second kappa shape index (κ2) is 6.46. The summed E-state index contributed by atoms with van der Waals surface area (Å²) in [4.78, 5) is 14.3. The molecule has 2 aliphatic heterocycles. The predicted octanol–water partition coefficient (Wildman–Crippen LogP) is 5.12. The highest BCUT2D eigenvalue weighted by Crippen LogP contribution is 2.56. The molecule has 2 aliphatic rings. The van der Waals surface area contributed by atoms with Crippen LogP contribution >= 0.6 is 0 Å². The van der Waals surface area contributed by atoms with Crippen LogP contribution in [0.1, 0.15) is 33.3 Å². The highest BCUT2D eigenvalue weighted by Gasteiger charge is 2.63. The van der Waals surface area contributed by atoms with Crippen LogP contribution in [0.25, 0.3) is 10.8 Å². The zero-order valence-electron chi connectivity index (χ0n) is 18.3. The van der Waals surface area contributed by atoms with Crippen LogP contribution in [0.2, 0.25) is 0 Å². The van der Waals surface area contributed by atoms with Gasteiger partial charge in [0.25, 0.3) is 5.72 Å². The number of benzene rings is 2. The molecule has 0 fully saturated rings. The summed E-state index contributed by atoms with van der Waals surface area (Å²) in [6.07, 6.45) is 3.70. The van der Waals surface area contributed by atoms with E-state index in [9.17, 15) is 0 Å². The van der Waals surface area contributed by atoms with Crippen LogP contribution in [0, 0.1) is 0 Å². The van der Waals surface area contributed by atoms with Gasteiger partial charge in [0.15, 0.2) is 5.84 Å². The quantitative estimate of drug-likeness (QED) is 0.598. The van der Waals surface area contributed by atoms with Crippen molar-refractivity contribution in [2.24, 2.45) is 4.99 Å². The number of likely N-dealkylation sites (N-methyl/N-ethyl adjacent to an activating group) is 2. The van der Waals surface area contributed by atoms with E-state index in [1.54, 1.807) is 0 Å². The summed E-state index contributed by atoms with van der Waals surface area (Å²) >= 11 is 0. The number of rotatable bonds is 2. The molecule has 5 nitrogen and oxygen atoms in total. The number of para-hydroxylation sites is 1. The lowest BCUT2D eigenvalue weighted by molar-refractivity contribution is 0.0641. The number of ether oxygens (including phenoxy) is 1. The van der Waals surface area contributed by atoms with Crippen molar-refractivity contribution < 1.29 is 4.74 Å². The van der Waals surface area contributed by atoms with Gasteiger partial charge in [-0.2, -0.15) is 0 Å². The van der Waals surface area contributed by atoms with Gasteiger partial charge in [-0.05, 0) is 56.8 Å². The first-order valence-corrected chi connectivity index (χ1v) is 10.7. The van der Waals surface area contributed by atoms with Gasteiger partial charge >= 0.3 is 0 Å². The molecule has 5 heteroatoms. The third-order valence-corrected chi connectivity index (χ3v) is 6.86. The third-order valence-electron chi connectivity index (χ3n) is 6.86. The Balaban J connectivity index is 1.82. The first-order valence-electron chi connectivity index (χ1n) is 10.7. The van der Waals surface area contributed by atoms with E-state index in [0.717, 1.165) is 41.1 Å². The van der Waals surface area contributed by atoms with Gasteiger partial charge in [0, 0.05) is 43.6 Å². The van der Waals surface area contributed by atoms with E-state index in [2.05, 4.69) is 85.9 Å². The Kier molecular flexibility index (Phi) is 4.07. The molecule has 1 spiro atoms. The van der Waals surface area contributed by atoms with Gasteiger partial charge in [-0.3, -0.25) is 4.98 Å². The van der Waals surface area contributed by atoms with E-state index >= 15 is 0 Å². The molecule has 30 heavy (non-hydrogen) atoms. The third kappa shape index (κ3) is 2.23. The normalized spacial score (nSPS) is 21.2. The lowest BCUT2D eigenvalue weighted by atomic mass is 9.76. The van der Waals surface area contributed by atoms with E-state index in [1.807, 2.05) is 18.5 Å². The van der Waals surface area contributed by atoms with Crippen molar-refractivity contribution in [1.29, 1.82) is 0 Å². The molecule has 3 heterocycles. The maximum atomic E-state index is 7.02. The fourth-order valence-electron chi connectivity index (χ4n) is 5.21. The molecule has 1 unspecified atom stereocenters. The molecule has 0 amide bonds. The number of aliphatic imine (C=N–C) groups is 1. The van der Waals surface area contributed by atoms with Crippen LogP contribution in [-0.4, -0.2) is 41.6 Å². The lowest BCUT2D eigenvalue weighted by Crippen LogP contribution is -2.68. The van der Waals surface area contributed by atoms with Gasteiger partial charge in [-0.25, -0.2) is 4.99 Å². The van der Waals surface area contributed by atoms with Crippen molar-refractivity contribution in [3.8, 4) is 5.75 Å². The van der Waals surface area contributed by atoms with E-state index < -0.39 is 5.72 Å². The Morgan fingerprint density at radius 3 is 2.53 bits per heavy atom. The van der Waals surface area contributed by atoms with E-state index in [4.69, 9.17) is 9.73 Å². The fraction of sp³-hybridized carbons (Fsp3) is 0.360. The molecule has 0 aliphatic carbocycles. The van der Waals surface area contributed by atoms with E-state index in [0.29, 0.717) is 0 Å². The average Bonchev–Trinajstić information content (AvgIpc) is 2.94. The Labute approximate surface area is 178 Å². The summed E-state index contributed by atoms with van der Waals surface area (Å²) in [6, 6.07) is 14.8. The first-order chi connectivity index (χ1) is 14.5. The number of hydrogen-bond acceptors (Lipinski definition) is 5. The van der Waals surface area contributed by atoms with Crippen LogP contribution < -0.4 is 9.64 Å². The van der Waals surface area contributed by atoms with Gasteiger partial charge in [0.1, 0.15) is 11.4 Å². The Morgan fingerprint density at radius 1 is 1.03 bits per heavy atom. The van der Waals surface area contributed by atoms with E-state index in [-0.39, 0.29) is 5.41 Å². The summed E-state index contributed by atoms with van der Waals surface area (Å²) in [5, 5.41) is 2.14. The predicted molar refractivity (Wildman–Crippen MR) is 123 cm³/mol. The lowest BCUT2D eigenvalue weighted by Gasteiger charge is -2.50. The van der Waals surface area contributed by atoms with E-state index in [1.165, 1.54) is 11.3 Å². The number of anilines is 1. The number of aromatic nitrogens is 1. The minimum absolute atomic E-state index is 0.304. The summed E-state index contributed by atoms with van der Waals surface area (Å²) in [6.45, 7) is 10.6. The van der Waals surface area contributed by atoms with Crippen molar-refractivity contribution in [3.05, 3.63) is 60.4 Å². The summed E-state index contributed by atoms with van der Waals surface area (Å²) in [7, 11) is 2.13. The van der Waals surface area contributed by atoms with Crippen LogP contribution in [0.3, 0.4) is 0 Å². The highest BCUT2D eigenvalue weighted by molar-refractivity contribution is 6.05. The van der Waals surface area contributed by atoms with Gasteiger partial charge in [-0.15, -0.1) is 0 Å². The second-order valence-corrected chi connectivity index (χ2v) is 8.56. The molecule has 2 aromatic carbocycles. The molecule has 0 N–H and O–H groups in total. The molecule has 1 atom stereocenters. The van der Waals surface area contributed by atoms with Crippen molar-refractivity contribution in [2.45, 2.75) is 38.8 Å². The largest absolute Gasteiger partial charge is 0.457 e. The Hall–Kier alpha value is -3.08. The SMILES string of the molecule is CCN(CC)C1=Nc2c(ccc3ccncc23)OC12N(C)c1ccccc1C2(C)C. The summed E-state index contributed by atoms with van der Waals surface area (Å²) in [5.41, 5.74) is 2.30. The molecule has 5 rings (SSSR count). The van der Waals surface area contributed by atoms with Crippen molar-refractivity contribution >= 4 is 28.0 Å². The van der Waals surface area contributed by atoms with Crippen molar-refractivity contribution in [3.63, 3.8) is 0 Å². The van der Waals surface area contributed by atoms with Gasteiger partial charge in [0.05, 0.1) is 5.41 Å². The van der Waals surface area contributed by atoms with Crippen LogP contribution in [0.15, 0.2) is 59.9 Å². The molecule has 154 valence electrons. The zero-order chi connectivity index (χ0) is 21.1. The fourth-order valence-corrected chi connectivity index (χ4v) is 5.21. The number of fused-ring (bicyclic) bond motifs is 4. The Bertz CT molecular complexity index is 1160. The second-order valence-electron chi connectivity index (χ2n) is 8.56. The standard InChI is InChI=1S/C25H28N4O/c1-6-29(7-2)23-25(24(3,4)19-10-8-9-11-20(19)28(25)5)30-21-13-12-17-14-15-26-16-18(17)22(21)27-23/h8-16H,6-7H2,1-5H3. The number of amidine groups is 1. The molecule has 3 aromatic rings. The van der Waals surface area contributed by atoms with Gasteiger partial charge in [0.2, 0.25) is 0 Å². The minimum Gasteiger partial charge on any atom is -0.457 e. The monoisotopic (exact) mass is 400 g/mol. The van der Waals surface area contributed by atoms with Gasteiger partial charge < -0.3 is 14.5 Å². The molecule has 0 radical (unpaired) electrons. The number of hydrogen-bond donors (Lipinski definition) is 0. The molecule has 0 bridgehead atoms. The molecular formula is C25H28N4O. The Morgan fingerprint density at radius 2 is 1.80 bits per heavy atom. The van der Waals surface area contributed by atoms with Crippen molar-refractivity contribution in [2.75, 3.05) is 25.0 Å². The smallest absolute Gasteiger partial charge is 0.250 e. The molecule has 0 saturated heterocycles. The first kappa shape index (κ1) is 18.9. The molecule has 1 aromatic heterocycles. The number of pyridine rings is 1. The maximum absolute atomic E-state index is 7.02. The summed E-state index contributed by atoms with van der Waals surface area (Å²) in [5.74, 6) is 1.76. The van der Waals surface area contributed by atoms with Crippen LogP contribution in [0.5, 0.6) is 5.75 Å². The minimum atomic E-state index is -0.731.